The number of rotatable bonds is 16. The highest BCUT2D eigenvalue weighted by molar-refractivity contribution is 5.88. The third-order valence-electron chi connectivity index (χ3n) is 8.67. The Labute approximate surface area is 288 Å². The largest absolute Gasteiger partial charge is 0.484 e. The van der Waals surface area contributed by atoms with Crippen molar-refractivity contribution >= 4 is 17.7 Å². The minimum absolute atomic E-state index is 0.0155. The minimum atomic E-state index is -0.853. The number of likely N-dealkylation sites (N-methyl/N-ethyl adjacent to an activating group) is 1. The van der Waals surface area contributed by atoms with E-state index >= 15 is 0 Å². The first-order chi connectivity index (χ1) is 23.9. The van der Waals surface area contributed by atoms with Gasteiger partial charge in [0.1, 0.15) is 11.6 Å². The van der Waals surface area contributed by atoms with Crippen molar-refractivity contribution < 1.29 is 14.3 Å². The standard InChI is InChI=1S/C40H44N6O3/c1-42-39(48)36(44-38(47)29-45(28-37(41)49-2)25-15-18-31-16-7-3-8-17-31)26-35-27-46(30-43-35)40(32-19-9-4-10-20-32,33-21-11-5-12-22-33)34-23-13-6-14-24-34/h3-14,16-17,19-24,27,30,36,41H,15,18,25-26,28-29H2,1-2H3,(H,42,48)(H,44,47). The molecular weight excluding hydrogens is 612 g/mol. The SMILES string of the molecule is CNC(=O)C(Cc1cn(C(c2ccccc2)(c2ccccc2)c2ccccc2)cn1)NC(=O)CN(CCCc1ccccc1)CC(=N)OC. The number of nitrogens with zero attached hydrogens (tertiary/aromatic N) is 3. The van der Waals surface area contributed by atoms with Gasteiger partial charge in [-0.25, -0.2) is 4.98 Å². The predicted molar refractivity (Wildman–Crippen MR) is 192 cm³/mol. The van der Waals surface area contributed by atoms with Crippen LogP contribution in [0.5, 0.6) is 0 Å². The summed E-state index contributed by atoms with van der Waals surface area (Å²) >= 11 is 0. The summed E-state index contributed by atoms with van der Waals surface area (Å²) in [6.45, 7) is 0.791. The van der Waals surface area contributed by atoms with E-state index in [4.69, 9.17) is 15.1 Å². The van der Waals surface area contributed by atoms with Gasteiger partial charge in [0.25, 0.3) is 0 Å². The number of carbonyl (C=O) groups is 2. The van der Waals surface area contributed by atoms with Gasteiger partial charge in [-0.05, 0) is 41.6 Å². The monoisotopic (exact) mass is 656 g/mol. The highest BCUT2D eigenvalue weighted by Gasteiger charge is 2.38. The molecule has 9 heteroatoms. The number of hydrogen-bond acceptors (Lipinski definition) is 6. The lowest BCUT2D eigenvalue weighted by Crippen LogP contribution is -2.50. The normalized spacial score (nSPS) is 11.9. The lowest BCUT2D eigenvalue weighted by Gasteiger charge is -2.37. The number of methoxy groups -OCH3 is 1. The molecule has 252 valence electrons. The van der Waals surface area contributed by atoms with Crippen molar-refractivity contribution in [3.05, 3.63) is 162 Å². The van der Waals surface area contributed by atoms with Crippen LogP contribution in [0.4, 0.5) is 0 Å². The Bertz CT molecular complexity index is 1680. The Morgan fingerprint density at radius 2 is 1.37 bits per heavy atom. The molecule has 0 spiro atoms. The third-order valence-corrected chi connectivity index (χ3v) is 8.67. The number of ether oxygens (including phenoxy) is 1. The van der Waals surface area contributed by atoms with Gasteiger partial charge in [-0.3, -0.25) is 19.9 Å². The number of amides is 2. The van der Waals surface area contributed by atoms with Gasteiger partial charge in [-0.1, -0.05) is 121 Å². The van der Waals surface area contributed by atoms with Crippen LogP contribution in [-0.2, 0) is 32.7 Å². The average Bonchev–Trinajstić information content (AvgIpc) is 3.61. The van der Waals surface area contributed by atoms with E-state index in [0.29, 0.717) is 12.2 Å². The second-order valence-corrected chi connectivity index (χ2v) is 11.9. The zero-order valence-corrected chi connectivity index (χ0v) is 28.1. The Hall–Kier alpha value is -5.54. The number of aryl methyl sites for hydroxylation is 1. The van der Waals surface area contributed by atoms with E-state index in [1.807, 2.05) is 83.9 Å². The van der Waals surface area contributed by atoms with E-state index in [9.17, 15) is 9.59 Å². The molecule has 0 saturated heterocycles. The molecule has 2 amide bonds. The van der Waals surface area contributed by atoms with E-state index in [1.54, 1.807) is 13.4 Å². The molecule has 0 fully saturated rings. The molecule has 1 aromatic heterocycles. The van der Waals surface area contributed by atoms with Crippen molar-refractivity contribution in [1.82, 2.24) is 25.1 Å². The second-order valence-electron chi connectivity index (χ2n) is 11.9. The van der Waals surface area contributed by atoms with Crippen LogP contribution < -0.4 is 10.6 Å². The van der Waals surface area contributed by atoms with E-state index < -0.39 is 11.6 Å². The van der Waals surface area contributed by atoms with E-state index in [2.05, 4.69) is 63.7 Å². The smallest absolute Gasteiger partial charge is 0.242 e. The van der Waals surface area contributed by atoms with Gasteiger partial charge in [-0.15, -0.1) is 0 Å². The topological polar surface area (TPSA) is 112 Å². The zero-order chi connectivity index (χ0) is 34.5. The van der Waals surface area contributed by atoms with Gasteiger partial charge in [0.2, 0.25) is 11.8 Å². The summed E-state index contributed by atoms with van der Waals surface area (Å²) in [4.78, 5) is 33.2. The predicted octanol–water partition coefficient (Wildman–Crippen LogP) is 5.06. The molecule has 0 aliphatic rings. The number of hydrogen-bond donors (Lipinski definition) is 3. The van der Waals surface area contributed by atoms with Crippen LogP contribution in [-0.4, -0.2) is 72.0 Å². The molecule has 1 atom stereocenters. The fraction of sp³-hybridized carbons (Fsp3) is 0.250. The van der Waals surface area contributed by atoms with Crippen LogP contribution in [0.3, 0.4) is 0 Å². The van der Waals surface area contributed by atoms with Crippen molar-refractivity contribution in [2.75, 3.05) is 33.8 Å². The highest BCUT2D eigenvalue weighted by Crippen LogP contribution is 2.40. The number of carbonyl (C=O) groups excluding carboxylic acids is 2. The van der Waals surface area contributed by atoms with Crippen molar-refractivity contribution in [2.45, 2.75) is 30.8 Å². The highest BCUT2D eigenvalue weighted by atomic mass is 16.5. The summed E-state index contributed by atoms with van der Waals surface area (Å²) in [5, 5.41) is 13.7. The van der Waals surface area contributed by atoms with Gasteiger partial charge in [0.15, 0.2) is 5.90 Å². The maximum atomic E-state index is 13.4. The fourth-order valence-electron chi connectivity index (χ4n) is 6.31. The Kier molecular flexibility index (Phi) is 12.1. The molecule has 0 bridgehead atoms. The molecule has 0 aliphatic heterocycles. The number of nitrogens with one attached hydrogen (secondary N) is 3. The van der Waals surface area contributed by atoms with Gasteiger partial charge in [0, 0.05) is 19.7 Å². The Morgan fingerprint density at radius 3 is 1.88 bits per heavy atom. The average molecular weight is 657 g/mol. The maximum absolute atomic E-state index is 13.4. The van der Waals surface area contributed by atoms with Crippen LogP contribution in [0.1, 0.15) is 34.4 Å². The van der Waals surface area contributed by atoms with Gasteiger partial charge in [-0.2, -0.15) is 0 Å². The lowest BCUT2D eigenvalue weighted by molar-refractivity contribution is -0.129. The van der Waals surface area contributed by atoms with Crippen molar-refractivity contribution in [1.29, 1.82) is 5.41 Å². The summed E-state index contributed by atoms with van der Waals surface area (Å²) < 4.78 is 7.20. The second kappa shape index (κ2) is 17.0. The molecule has 3 N–H and O–H groups in total. The quantitative estimate of drug-likeness (QED) is 0.0782. The molecular formula is C40H44N6O3. The number of benzene rings is 4. The van der Waals surface area contributed by atoms with Crippen LogP contribution in [0, 0.1) is 5.41 Å². The van der Waals surface area contributed by atoms with Crippen LogP contribution in [0.15, 0.2) is 134 Å². The van der Waals surface area contributed by atoms with E-state index in [1.165, 1.54) is 12.7 Å². The molecule has 4 aromatic carbocycles. The molecule has 49 heavy (non-hydrogen) atoms. The van der Waals surface area contributed by atoms with Crippen LogP contribution in [0.25, 0.3) is 0 Å². The molecule has 0 saturated carbocycles. The summed E-state index contributed by atoms with van der Waals surface area (Å²) in [6.07, 6.45) is 5.60. The van der Waals surface area contributed by atoms with E-state index in [0.717, 1.165) is 29.5 Å². The van der Waals surface area contributed by atoms with Gasteiger partial charge in [0.05, 0.1) is 32.2 Å². The summed E-state index contributed by atoms with van der Waals surface area (Å²) in [5.41, 5.74) is 4.29. The number of aromatic nitrogens is 2. The zero-order valence-electron chi connectivity index (χ0n) is 28.1. The Morgan fingerprint density at radius 1 is 0.837 bits per heavy atom. The van der Waals surface area contributed by atoms with Crippen molar-refractivity contribution in [2.24, 2.45) is 0 Å². The first-order valence-electron chi connectivity index (χ1n) is 16.5. The molecule has 5 rings (SSSR count). The molecule has 9 nitrogen and oxygen atoms in total. The van der Waals surface area contributed by atoms with Crippen LogP contribution in [0.2, 0.25) is 0 Å². The maximum Gasteiger partial charge on any atom is 0.242 e. The fourth-order valence-corrected chi connectivity index (χ4v) is 6.31. The Balaban J connectivity index is 1.38. The van der Waals surface area contributed by atoms with Crippen molar-refractivity contribution in [3.63, 3.8) is 0 Å². The molecule has 5 aromatic rings. The third kappa shape index (κ3) is 8.69. The van der Waals surface area contributed by atoms with Gasteiger partial charge >= 0.3 is 0 Å². The lowest BCUT2D eigenvalue weighted by atomic mass is 9.77. The van der Waals surface area contributed by atoms with Crippen molar-refractivity contribution in [3.8, 4) is 0 Å². The minimum Gasteiger partial charge on any atom is -0.484 e. The molecule has 1 heterocycles. The first-order valence-corrected chi connectivity index (χ1v) is 16.5. The molecule has 0 radical (unpaired) electrons. The van der Waals surface area contributed by atoms with E-state index in [-0.39, 0.29) is 37.2 Å². The number of imidazole rings is 1. The van der Waals surface area contributed by atoms with Gasteiger partial charge < -0.3 is 19.9 Å². The molecule has 0 aliphatic carbocycles. The summed E-state index contributed by atoms with van der Waals surface area (Å²) in [7, 11) is 3.01. The summed E-state index contributed by atoms with van der Waals surface area (Å²) in [5.74, 6) is -0.563. The first kappa shape index (κ1) is 34.8. The van der Waals surface area contributed by atoms with Crippen LogP contribution >= 0.6 is 0 Å². The molecule has 1 unspecified atom stereocenters. The summed E-state index contributed by atoms with van der Waals surface area (Å²) in [6, 6.07) is 40.2.